The number of amides is 6. The number of aliphatic carboxylic acids is 1. The number of likely N-dealkylation sites (N-methyl/N-ethyl adjacent to an activating group) is 2. The first-order valence-electron chi connectivity index (χ1n) is 17.6. The second-order valence-electron chi connectivity index (χ2n) is 13.8. The van der Waals surface area contributed by atoms with Crippen LogP contribution in [-0.4, -0.2) is 120 Å². The molecule has 4 N–H and O–H groups in total. The Hall–Kier alpha value is -3.85. The maximum Gasteiger partial charge on any atom is 0.306 e. The smallest absolute Gasteiger partial charge is 0.306 e. The Kier molecular flexibility index (Phi) is 19.5. The average molecular weight is 709 g/mol. The summed E-state index contributed by atoms with van der Waals surface area (Å²) in [6, 6.07) is -1.98. The number of carbonyl (C=O) groups is 7. The Bertz CT molecular complexity index is 1190. The number of carboxylic acids is 1. The van der Waals surface area contributed by atoms with E-state index in [2.05, 4.69) is 16.2 Å². The molecule has 5 atom stereocenters. The van der Waals surface area contributed by atoms with E-state index in [0.717, 1.165) is 4.90 Å². The molecule has 1 heterocycles. The Labute approximate surface area is 296 Å². The number of methoxy groups -OCH3 is 1. The van der Waals surface area contributed by atoms with Crippen LogP contribution in [0.4, 0.5) is 0 Å². The minimum Gasteiger partial charge on any atom is -0.481 e. The molecular weight excluding hydrogens is 648 g/mol. The minimum atomic E-state index is -1.03. The predicted molar refractivity (Wildman–Crippen MR) is 187 cm³/mol. The van der Waals surface area contributed by atoms with E-state index >= 15 is 0 Å². The lowest BCUT2D eigenvalue weighted by atomic mass is 9.90. The summed E-state index contributed by atoms with van der Waals surface area (Å²) in [6.07, 6.45) is 4.61. The number of nitrogens with zero attached hydrogens (tertiary/aromatic N) is 3. The number of unbranched alkanes of at least 4 members (excludes halogenated alkanes) is 2. The Morgan fingerprint density at radius 1 is 0.860 bits per heavy atom. The van der Waals surface area contributed by atoms with Gasteiger partial charge in [0.1, 0.15) is 6.04 Å². The number of ether oxygens (including phenoxy) is 1. The molecule has 6 amide bonds. The number of nitrogens with one attached hydrogen (secondary N) is 3. The summed E-state index contributed by atoms with van der Waals surface area (Å²) in [7, 11) is 4.83. The monoisotopic (exact) mass is 708 g/mol. The summed E-state index contributed by atoms with van der Waals surface area (Å²) in [5, 5.41) is 12.4. The van der Waals surface area contributed by atoms with Crippen LogP contribution in [0, 0.1) is 17.8 Å². The molecule has 0 radical (unpaired) electrons. The maximum absolute atomic E-state index is 13.9. The zero-order valence-corrected chi connectivity index (χ0v) is 31.3. The van der Waals surface area contributed by atoms with Crippen LogP contribution >= 0.6 is 0 Å². The summed E-state index contributed by atoms with van der Waals surface area (Å²) >= 11 is 0. The number of hydrogen-bond acceptors (Lipinski definition) is 9. The number of imide groups is 1. The summed E-state index contributed by atoms with van der Waals surface area (Å²) in [5.41, 5.74) is 4.81. The van der Waals surface area contributed by atoms with E-state index < -0.39 is 30.2 Å². The molecule has 0 saturated heterocycles. The lowest BCUT2D eigenvalue weighted by Crippen LogP contribution is -2.59. The highest BCUT2D eigenvalue weighted by Crippen LogP contribution is 2.23. The number of carbonyl (C=O) groups excluding carboxylic acids is 6. The van der Waals surface area contributed by atoms with Crippen molar-refractivity contribution in [1.29, 1.82) is 0 Å². The molecule has 0 aromatic heterocycles. The summed E-state index contributed by atoms with van der Waals surface area (Å²) < 4.78 is 5.53. The highest BCUT2D eigenvalue weighted by atomic mass is 16.5. The van der Waals surface area contributed by atoms with Crippen LogP contribution in [-0.2, 0) is 38.3 Å². The van der Waals surface area contributed by atoms with Crippen LogP contribution in [0.15, 0.2) is 12.2 Å². The number of carboxylic acid groups (broad SMARTS) is 1. The van der Waals surface area contributed by atoms with Crippen LogP contribution in [0.2, 0.25) is 0 Å². The van der Waals surface area contributed by atoms with Crippen molar-refractivity contribution in [3.05, 3.63) is 12.2 Å². The maximum atomic E-state index is 13.9. The van der Waals surface area contributed by atoms with Gasteiger partial charge in [-0.25, -0.2) is 0 Å². The van der Waals surface area contributed by atoms with Gasteiger partial charge in [0.05, 0.1) is 24.6 Å². The van der Waals surface area contributed by atoms with Crippen molar-refractivity contribution in [1.82, 2.24) is 30.9 Å². The number of hydrazine groups is 1. The fourth-order valence-electron chi connectivity index (χ4n) is 6.16. The van der Waals surface area contributed by atoms with Crippen LogP contribution in [0.25, 0.3) is 0 Å². The normalized spacial score (nSPS) is 16.0. The third-order valence-electron chi connectivity index (χ3n) is 9.13. The molecule has 0 saturated carbocycles. The summed E-state index contributed by atoms with van der Waals surface area (Å²) in [4.78, 5) is 91.2. The second kappa shape index (κ2) is 22.1. The lowest BCUT2D eigenvalue weighted by molar-refractivity contribution is -0.148. The third kappa shape index (κ3) is 14.2. The van der Waals surface area contributed by atoms with Gasteiger partial charge in [-0.3, -0.25) is 54.2 Å². The fraction of sp³-hybridized carbons (Fsp3) is 0.743. The number of rotatable bonds is 23. The van der Waals surface area contributed by atoms with Crippen molar-refractivity contribution in [3.63, 3.8) is 0 Å². The Balaban J connectivity index is 2.66. The lowest BCUT2D eigenvalue weighted by Gasteiger charge is -2.40. The van der Waals surface area contributed by atoms with Gasteiger partial charge < -0.3 is 20.1 Å². The van der Waals surface area contributed by atoms with Crippen molar-refractivity contribution < 1.29 is 43.4 Å². The predicted octanol–water partition coefficient (Wildman–Crippen LogP) is 1.86. The molecular formula is C35H60N6O9. The van der Waals surface area contributed by atoms with Crippen molar-refractivity contribution in [2.45, 2.75) is 117 Å². The number of hydrogen-bond donors (Lipinski definition) is 4. The first kappa shape index (κ1) is 44.2. The van der Waals surface area contributed by atoms with E-state index in [-0.39, 0.29) is 72.5 Å². The van der Waals surface area contributed by atoms with Crippen LogP contribution in [0.5, 0.6) is 0 Å². The van der Waals surface area contributed by atoms with Gasteiger partial charge in [0.15, 0.2) is 0 Å². The summed E-state index contributed by atoms with van der Waals surface area (Å²) in [5.74, 6) is -3.52. The Morgan fingerprint density at radius 2 is 1.42 bits per heavy atom. The standard InChI is InChI=1S/C35H60N6O9/c1-10-24(6)33(25(50-9)21-30(46)47)40(8)35(49)31(22(2)3)36-34(48)32(23(4)5)39(7)19-14-16-27(43)38-37-26(42)15-12-11-13-20-41-28(44)17-18-29(41)45/h17-18,22-25,31-33H,10-16,19-21H2,1-9H3,(H,36,48)(H,37,42)(H,38,43)(H,46,47)/t24-,25+,31-,32-,33-/m0/s1. The molecule has 1 aliphatic rings. The quantitative estimate of drug-likeness (QED) is 0.0692. The molecule has 284 valence electrons. The van der Waals surface area contributed by atoms with Crippen molar-refractivity contribution in [2.24, 2.45) is 17.8 Å². The zero-order valence-electron chi connectivity index (χ0n) is 31.3. The average Bonchev–Trinajstić information content (AvgIpc) is 3.36. The van der Waals surface area contributed by atoms with Crippen LogP contribution in [0.1, 0.15) is 92.9 Å². The van der Waals surface area contributed by atoms with E-state index in [4.69, 9.17) is 4.74 Å². The molecule has 50 heavy (non-hydrogen) atoms. The molecule has 1 rings (SSSR count). The van der Waals surface area contributed by atoms with Gasteiger partial charge in [0, 0.05) is 45.7 Å². The SMILES string of the molecule is CC[C@H](C)[C@@H]([C@@H](CC(=O)O)OC)N(C)C(=O)[C@@H](NC(=O)[C@H](C(C)C)N(C)CCCC(=O)NNC(=O)CCCCCN1C(=O)C=CC1=O)C(C)C. The van der Waals surface area contributed by atoms with Crippen molar-refractivity contribution in [2.75, 3.05) is 34.3 Å². The molecule has 15 heteroatoms. The van der Waals surface area contributed by atoms with Gasteiger partial charge >= 0.3 is 5.97 Å². The first-order valence-corrected chi connectivity index (χ1v) is 17.6. The molecule has 0 aromatic carbocycles. The first-order chi connectivity index (χ1) is 23.5. The van der Waals surface area contributed by atoms with Gasteiger partial charge in [-0.2, -0.15) is 0 Å². The largest absolute Gasteiger partial charge is 0.481 e. The molecule has 15 nitrogen and oxygen atoms in total. The molecule has 0 spiro atoms. The second-order valence-corrected chi connectivity index (χ2v) is 13.8. The van der Waals surface area contributed by atoms with Gasteiger partial charge in [0.2, 0.25) is 23.6 Å². The topological polar surface area (TPSA) is 195 Å². The molecule has 0 aromatic rings. The third-order valence-corrected chi connectivity index (χ3v) is 9.13. The molecule has 0 bridgehead atoms. The van der Waals surface area contributed by atoms with Gasteiger partial charge in [-0.1, -0.05) is 54.4 Å². The highest BCUT2D eigenvalue weighted by Gasteiger charge is 2.39. The van der Waals surface area contributed by atoms with Gasteiger partial charge in [-0.15, -0.1) is 0 Å². The molecule has 0 unspecified atom stereocenters. The van der Waals surface area contributed by atoms with Crippen molar-refractivity contribution in [3.8, 4) is 0 Å². The Morgan fingerprint density at radius 3 is 1.90 bits per heavy atom. The van der Waals surface area contributed by atoms with E-state index in [1.54, 1.807) is 14.1 Å². The van der Waals surface area contributed by atoms with E-state index in [1.165, 1.54) is 24.2 Å². The van der Waals surface area contributed by atoms with E-state index in [1.807, 2.05) is 46.4 Å². The molecule has 0 aliphatic carbocycles. The minimum absolute atomic E-state index is 0.0625. The van der Waals surface area contributed by atoms with Gasteiger partial charge in [0.25, 0.3) is 11.8 Å². The van der Waals surface area contributed by atoms with Crippen molar-refractivity contribution >= 4 is 41.4 Å². The zero-order chi connectivity index (χ0) is 38.1. The summed E-state index contributed by atoms with van der Waals surface area (Å²) in [6.45, 7) is 12.1. The van der Waals surface area contributed by atoms with E-state index in [9.17, 15) is 38.7 Å². The van der Waals surface area contributed by atoms with E-state index in [0.29, 0.717) is 45.2 Å². The molecule has 1 aliphatic heterocycles. The van der Waals surface area contributed by atoms with Gasteiger partial charge in [-0.05, 0) is 50.6 Å². The van der Waals surface area contributed by atoms with Crippen LogP contribution in [0.3, 0.4) is 0 Å². The molecule has 0 fully saturated rings. The highest BCUT2D eigenvalue weighted by molar-refractivity contribution is 6.12. The fourth-order valence-corrected chi connectivity index (χ4v) is 6.16. The van der Waals surface area contributed by atoms with Crippen LogP contribution < -0.4 is 16.2 Å².